The molecule has 144 valence electrons. The molecule has 8 heteroatoms. The first-order chi connectivity index (χ1) is 13.4. The Morgan fingerprint density at radius 3 is 2.79 bits per heavy atom. The Bertz CT molecular complexity index is 1090. The highest BCUT2D eigenvalue weighted by molar-refractivity contribution is 6.34. The number of anilines is 1. The molecular formula is C20H18ClFN4O2. The number of nitrogens with zero attached hydrogens (tertiary/aromatic N) is 3. The molecule has 1 unspecified atom stereocenters. The topological polar surface area (TPSA) is 81.3 Å². The number of hydrogen-bond donors (Lipinski definition) is 1. The maximum Gasteiger partial charge on any atom is 0.255 e. The molecule has 0 radical (unpaired) electrons. The van der Waals surface area contributed by atoms with Crippen LogP contribution < -0.4 is 5.73 Å². The number of pyridine rings is 2. The first kappa shape index (κ1) is 18.6. The average molecular weight is 401 g/mol. The van der Waals surface area contributed by atoms with Crippen molar-refractivity contribution in [3.05, 3.63) is 63.7 Å². The number of fused-ring (bicyclic) bond motifs is 3. The summed E-state index contributed by atoms with van der Waals surface area (Å²) in [6.07, 6.45) is 1.13. The van der Waals surface area contributed by atoms with Crippen LogP contribution in [0, 0.1) is 5.82 Å². The minimum atomic E-state index is -0.426. The second-order valence-electron chi connectivity index (χ2n) is 6.79. The van der Waals surface area contributed by atoms with E-state index in [1.165, 1.54) is 11.0 Å². The molecule has 28 heavy (non-hydrogen) atoms. The molecule has 6 nitrogen and oxygen atoms in total. The molecule has 0 saturated carbocycles. The van der Waals surface area contributed by atoms with Crippen molar-refractivity contribution in [3.8, 4) is 0 Å². The predicted molar refractivity (Wildman–Crippen MR) is 104 cm³/mol. The second kappa shape index (κ2) is 7.00. The van der Waals surface area contributed by atoms with Gasteiger partial charge in [-0.05, 0) is 36.8 Å². The van der Waals surface area contributed by atoms with Crippen molar-refractivity contribution in [2.75, 3.05) is 12.8 Å². The molecule has 1 amide bonds. The summed E-state index contributed by atoms with van der Waals surface area (Å²) in [5, 5.41) is 1.09. The van der Waals surface area contributed by atoms with E-state index in [4.69, 9.17) is 22.1 Å². The number of nitrogen functional groups attached to an aromatic ring is 1. The molecule has 3 aromatic rings. The number of carbonyl (C=O) groups is 1. The van der Waals surface area contributed by atoms with Crippen molar-refractivity contribution in [2.45, 2.75) is 26.2 Å². The third-order valence-electron chi connectivity index (χ3n) is 5.13. The lowest BCUT2D eigenvalue weighted by molar-refractivity contribution is 0.0740. The zero-order valence-corrected chi connectivity index (χ0v) is 16.1. The Morgan fingerprint density at radius 2 is 2.07 bits per heavy atom. The minimum absolute atomic E-state index is 0.269. The highest BCUT2D eigenvalue weighted by Crippen LogP contribution is 2.34. The summed E-state index contributed by atoms with van der Waals surface area (Å²) in [5.41, 5.74) is 9.35. The van der Waals surface area contributed by atoms with Gasteiger partial charge in [0.1, 0.15) is 11.6 Å². The quantitative estimate of drug-likeness (QED) is 0.721. The number of halogens is 2. The third kappa shape index (κ3) is 3.06. The van der Waals surface area contributed by atoms with E-state index in [0.29, 0.717) is 35.8 Å². The highest BCUT2D eigenvalue weighted by Gasteiger charge is 2.25. The minimum Gasteiger partial charge on any atom is -0.383 e. The number of nitrogens with two attached hydrogens (primary N) is 1. The Kier molecular flexibility index (Phi) is 4.64. The van der Waals surface area contributed by atoms with Gasteiger partial charge in [0.25, 0.3) is 5.91 Å². The Morgan fingerprint density at radius 1 is 1.32 bits per heavy atom. The number of amides is 1. The maximum atomic E-state index is 13.1. The molecule has 4 rings (SSSR count). The Hall–Kier alpha value is -2.77. The molecule has 3 heterocycles. The van der Waals surface area contributed by atoms with Crippen LogP contribution in [0.4, 0.5) is 10.2 Å². The fourth-order valence-corrected chi connectivity index (χ4v) is 3.59. The molecular weight excluding hydrogens is 383 g/mol. The van der Waals surface area contributed by atoms with Crippen molar-refractivity contribution in [3.63, 3.8) is 0 Å². The van der Waals surface area contributed by atoms with Gasteiger partial charge in [0.2, 0.25) is 0 Å². The van der Waals surface area contributed by atoms with Gasteiger partial charge in [-0.25, -0.2) is 9.37 Å². The SMILES string of the molecule is CC(c1ccc(F)cn1)N(C)C(=O)c1cc2c3c(c(N)nc2cc1Cl)COC3. The van der Waals surface area contributed by atoms with Crippen molar-refractivity contribution in [1.29, 1.82) is 0 Å². The molecule has 0 fully saturated rings. The van der Waals surface area contributed by atoms with Crippen LogP contribution in [0.2, 0.25) is 5.02 Å². The van der Waals surface area contributed by atoms with E-state index >= 15 is 0 Å². The molecule has 0 aliphatic carbocycles. The zero-order valence-electron chi connectivity index (χ0n) is 15.4. The van der Waals surface area contributed by atoms with Crippen LogP contribution in [0.5, 0.6) is 0 Å². The summed E-state index contributed by atoms with van der Waals surface area (Å²) in [7, 11) is 1.66. The lowest BCUT2D eigenvalue weighted by atomic mass is 10.0. The molecule has 0 bridgehead atoms. The van der Waals surface area contributed by atoms with Gasteiger partial charge in [-0.2, -0.15) is 0 Å². The summed E-state index contributed by atoms with van der Waals surface area (Å²) >= 11 is 6.39. The van der Waals surface area contributed by atoms with E-state index in [-0.39, 0.29) is 17.0 Å². The smallest absolute Gasteiger partial charge is 0.255 e. The van der Waals surface area contributed by atoms with Gasteiger partial charge in [-0.3, -0.25) is 9.78 Å². The van der Waals surface area contributed by atoms with E-state index in [0.717, 1.165) is 22.7 Å². The van der Waals surface area contributed by atoms with Gasteiger partial charge in [0.15, 0.2) is 0 Å². The molecule has 0 spiro atoms. The molecule has 0 saturated heterocycles. The summed E-state index contributed by atoms with van der Waals surface area (Å²) < 4.78 is 18.6. The van der Waals surface area contributed by atoms with E-state index in [9.17, 15) is 9.18 Å². The van der Waals surface area contributed by atoms with Gasteiger partial charge in [-0.15, -0.1) is 0 Å². The van der Waals surface area contributed by atoms with Gasteiger partial charge < -0.3 is 15.4 Å². The Labute approximate surface area is 166 Å². The monoisotopic (exact) mass is 400 g/mol. The van der Waals surface area contributed by atoms with Gasteiger partial charge in [0, 0.05) is 18.0 Å². The van der Waals surface area contributed by atoms with Crippen LogP contribution >= 0.6 is 11.6 Å². The van der Waals surface area contributed by atoms with E-state index in [1.807, 2.05) is 6.92 Å². The molecule has 1 aliphatic heterocycles. The molecule has 1 atom stereocenters. The second-order valence-corrected chi connectivity index (χ2v) is 7.20. The number of ether oxygens (including phenoxy) is 1. The normalized spacial score (nSPS) is 14.1. The van der Waals surface area contributed by atoms with Crippen LogP contribution in [-0.4, -0.2) is 27.8 Å². The van der Waals surface area contributed by atoms with Crippen molar-refractivity contribution >= 4 is 34.2 Å². The van der Waals surface area contributed by atoms with Crippen LogP contribution in [-0.2, 0) is 18.0 Å². The molecule has 1 aliphatic rings. The number of hydrogen-bond acceptors (Lipinski definition) is 5. The summed E-state index contributed by atoms with van der Waals surface area (Å²) in [6.45, 7) is 2.64. The van der Waals surface area contributed by atoms with Gasteiger partial charge >= 0.3 is 0 Å². The van der Waals surface area contributed by atoms with Crippen molar-refractivity contribution in [1.82, 2.24) is 14.9 Å². The van der Waals surface area contributed by atoms with Gasteiger partial charge in [-0.1, -0.05) is 11.6 Å². The lowest BCUT2D eigenvalue weighted by Gasteiger charge is -2.25. The van der Waals surface area contributed by atoms with Crippen LogP contribution in [0.25, 0.3) is 10.9 Å². The maximum absolute atomic E-state index is 13.1. The number of aromatic nitrogens is 2. The summed E-state index contributed by atoms with van der Waals surface area (Å²) in [6, 6.07) is 5.90. The predicted octanol–water partition coefficient (Wildman–Crippen LogP) is 3.87. The van der Waals surface area contributed by atoms with Crippen LogP contribution in [0.15, 0.2) is 30.5 Å². The first-order valence-corrected chi connectivity index (χ1v) is 9.11. The fraction of sp³-hybridized carbons (Fsp3) is 0.250. The summed E-state index contributed by atoms with van der Waals surface area (Å²) in [4.78, 5) is 23.1. The Balaban J connectivity index is 1.73. The largest absolute Gasteiger partial charge is 0.383 e. The van der Waals surface area contributed by atoms with Gasteiger partial charge in [0.05, 0.1) is 47.2 Å². The standard InChI is InChI=1S/C20H18ClFN4O2/c1-10(17-4-3-11(22)7-24-17)26(2)20(27)13-5-12-14-8-28-9-15(14)19(23)25-18(12)6-16(13)21/h3-7,10H,8-9H2,1-2H3,(H2,23,25). The fourth-order valence-electron chi connectivity index (χ4n) is 3.36. The van der Waals surface area contributed by atoms with Crippen LogP contribution in [0.1, 0.15) is 40.1 Å². The number of benzene rings is 1. The van der Waals surface area contributed by atoms with E-state index in [1.54, 1.807) is 25.2 Å². The van der Waals surface area contributed by atoms with E-state index in [2.05, 4.69) is 9.97 Å². The van der Waals surface area contributed by atoms with Crippen molar-refractivity contribution < 1.29 is 13.9 Å². The molecule has 2 aromatic heterocycles. The lowest BCUT2D eigenvalue weighted by Crippen LogP contribution is -2.30. The van der Waals surface area contributed by atoms with Crippen molar-refractivity contribution in [2.24, 2.45) is 0 Å². The molecule has 1 aromatic carbocycles. The molecule has 2 N–H and O–H groups in total. The average Bonchev–Trinajstić information content (AvgIpc) is 3.17. The van der Waals surface area contributed by atoms with E-state index < -0.39 is 5.82 Å². The highest BCUT2D eigenvalue weighted by atomic mass is 35.5. The number of rotatable bonds is 3. The van der Waals surface area contributed by atoms with Crippen LogP contribution in [0.3, 0.4) is 0 Å². The number of carbonyl (C=O) groups excluding carboxylic acids is 1. The zero-order chi connectivity index (χ0) is 20.0. The third-order valence-corrected chi connectivity index (χ3v) is 5.44. The first-order valence-electron chi connectivity index (χ1n) is 8.73. The summed E-state index contributed by atoms with van der Waals surface area (Å²) in [5.74, 6) is -0.274.